The minimum atomic E-state index is -0.615. The summed E-state index contributed by atoms with van der Waals surface area (Å²) in [7, 11) is 0. The number of ether oxygens (including phenoxy) is 1. The van der Waals surface area contributed by atoms with Crippen molar-refractivity contribution in [3.8, 4) is 0 Å². The van der Waals surface area contributed by atoms with Crippen molar-refractivity contribution in [2.24, 2.45) is 5.73 Å². The predicted octanol–water partition coefficient (Wildman–Crippen LogP) is 2.35. The maximum atomic E-state index is 12.3. The van der Waals surface area contributed by atoms with Crippen molar-refractivity contribution in [2.45, 2.75) is 39.7 Å². The highest BCUT2D eigenvalue weighted by Gasteiger charge is 2.26. The number of hydrogen-bond acceptors (Lipinski definition) is 9. The molecule has 11 heteroatoms. The molecule has 11 nitrogen and oxygen atoms in total. The van der Waals surface area contributed by atoms with Gasteiger partial charge < -0.3 is 35.8 Å². The number of aryl methyl sites for hydroxylation is 1. The normalized spacial score (nSPS) is 16.5. The predicted molar refractivity (Wildman–Crippen MR) is 145 cm³/mol. The van der Waals surface area contributed by atoms with Crippen LogP contribution < -0.4 is 26.2 Å². The third kappa shape index (κ3) is 6.59. The van der Waals surface area contributed by atoms with Gasteiger partial charge in [0.25, 0.3) is 5.91 Å². The molecule has 2 aliphatic rings. The van der Waals surface area contributed by atoms with Crippen molar-refractivity contribution in [1.82, 2.24) is 20.2 Å². The Morgan fingerprint density at radius 3 is 2.22 bits per heavy atom. The van der Waals surface area contributed by atoms with Gasteiger partial charge in [-0.05, 0) is 51.5 Å². The molecule has 0 saturated carbocycles. The van der Waals surface area contributed by atoms with Gasteiger partial charge in [0.2, 0.25) is 0 Å². The molecule has 1 aromatic carbocycles. The molecule has 0 spiro atoms. The number of aromatic nitrogens is 2. The van der Waals surface area contributed by atoms with Gasteiger partial charge in [0, 0.05) is 63.7 Å². The van der Waals surface area contributed by atoms with Gasteiger partial charge in [-0.15, -0.1) is 0 Å². The number of rotatable bonds is 6. The Labute approximate surface area is 218 Å². The first-order valence-corrected chi connectivity index (χ1v) is 12.9. The Hall–Kier alpha value is -3.60. The lowest BCUT2D eigenvalue weighted by Crippen LogP contribution is -2.50. The first-order chi connectivity index (χ1) is 17.6. The van der Waals surface area contributed by atoms with Crippen LogP contribution in [0.4, 0.5) is 27.8 Å². The van der Waals surface area contributed by atoms with Crippen LogP contribution in [0, 0.1) is 0 Å². The monoisotopic (exact) mass is 510 g/mol. The fraction of sp³-hybridized carbons (Fsp3) is 0.538. The number of primary amides is 1. The van der Waals surface area contributed by atoms with Gasteiger partial charge in [-0.3, -0.25) is 4.79 Å². The van der Waals surface area contributed by atoms with Crippen LogP contribution in [0.25, 0.3) is 0 Å². The van der Waals surface area contributed by atoms with Gasteiger partial charge in [0.15, 0.2) is 17.3 Å². The number of nitrogens with two attached hydrogens (primary N) is 1. The molecule has 0 aliphatic carbocycles. The summed E-state index contributed by atoms with van der Waals surface area (Å²) in [5, 5.41) is 6.60. The van der Waals surface area contributed by atoms with Crippen LogP contribution in [0.2, 0.25) is 0 Å². The summed E-state index contributed by atoms with van der Waals surface area (Å²) < 4.78 is 5.49. The molecule has 0 unspecified atom stereocenters. The van der Waals surface area contributed by atoms with Crippen molar-refractivity contribution >= 4 is 35.0 Å². The molecule has 0 atom stereocenters. The molecule has 200 valence electrons. The SMILES string of the molecule is CCc1nc(C(N)=O)c(Nc2ccc(N3CCN(C(=O)OC(C)(C)C)CC3)cc2)nc1N1CCNCC1. The standard InChI is InChI=1S/C26H38N8O3/c1-5-20-24(33-12-10-28-11-13-33)31-23(21(30-20)22(27)35)29-18-6-8-19(9-7-18)32-14-16-34(17-15-32)25(36)37-26(2,3)4/h6-9,28H,5,10-17H2,1-4H3,(H2,27,35)(H,29,31). The van der Waals surface area contributed by atoms with E-state index < -0.39 is 11.5 Å². The van der Waals surface area contributed by atoms with E-state index >= 15 is 0 Å². The lowest BCUT2D eigenvalue weighted by molar-refractivity contribution is 0.0240. The molecule has 37 heavy (non-hydrogen) atoms. The Balaban J connectivity index is 1.46. The lowest BCUT2D eigenvalue weighted by atomic mass is 10.2. The van der Waals surface area contributed by atoms with Gasteiger partial charge >= 0.3 is 6.09 Å². The summed E-state index contributed by atoms with van der Waals surface area (Å²) >= 11 is 0. The van der Waals surface area contributed by atoms with Gasteiger partial charge in [0.05, 0.1) is 5.69 Å². The molecular formula is C26H38N8O3. The largest absolute Gasteiger partial charge is 0.444 e. The molecule has 2 saturated heterocycles. The fourth-order valence-corrected chi connectivity index (χ4v) is 4.45. The Kier molecular flexibility index (Phi) is 8.01. The van der Waals surface area contributed by atoms with Crippen LogP contribution >= 0.6 is 0 Å². The number of benzene rings is 1. The van der Waals surface area contributed by atoms with Crippen LogP contribution in [0.5, 0.6) is 0 Å². The summed E-state index contributed by atoms with van der Waals surface area (Å²) in [6.07, 6.45) is 0.384. The van der Waals surface area contributed by atoms with Gasteiger partial charge in [-0.1, -0.05) is 6.92 Å². The maximum Gasteiger partial charge on any atom is 0.410 e. The minimum Gasteiger partial charge on any atom is -0.444 e. The Bertz CT molecular complexity index is 1100. The summed E-state index contributed by atoms with van der Waals surface area (Å²) in [4.78, 5) is 40.1. The summed E-state index contributed by atoms with van der Waals surface area (Å²) in [5.41, 5.74) is 7.90. The van der Waals surface area contributed by atoms with E-state index in [0.29, 0.717) is 25.3 Å². The van der Waals surface area contributed by atoms with E-state index in [9.17, 15) is 9.59 Å². The molecule has 2 fully saturated rings. The summed E-state index contributed by atoms with van der Waals surface area (Å²) in [6.45, 7) is 13.7. The molecule has 4 rings (SSSR count). The fourth-order valence-electron chi connectivity index (χ4n) is 4.45. The van der Waals surface area contributed by atoms with E-state index in [-0.39, 0.29) is 11.8 Å². The van der Waals surface area contributed by atoms with Crippen molar-refractivity contribution in [2.75, 3.05) is 67.5 Å². The van der Waals surface area contributed by atoms with Crippen LogP contribution in [0.1, 0.15) is 43.9 Å². The van der Waals surface area contributed by atoms with Crippen LogP contribution in [0.3, 0.4) is 0 Å². The Morgan fingerprint density at radius 2 is 1.65 bits per heavy atom. The van der Waals surface area contributed by atoms with E-state index in [1.807, 2.05) is 52.0 Å². The first-order valence-electron chi connectivity index (χ1n) is 12.9. The number of nitrogens with zero attached hydrogens (tertiary/aromatic N) is 5. The molecule has 2 aromatic rings. The molecule has 1 aromatic heterocycles. The zero-order valence-corrected chi connectivity index (χ0v) is 22.2. The van der Waals surface area contributed by atoms with Crippen molar-refractivity contribution in [3.63, 3.8) is 0 Å². The van der Waals surface area contributed by atoms with E-state index in [1.165, 1.54) is 0 Å². The molecule has 2 amide bonds. The second-order valence-electron chi connectivity index (χ2n) is 10.3. The average molecular weight is 511 g/mol. The van der Waals surface area contributed by atoms with Crippen molar-refractivity contribution < 1.29 is 14.3 Å². The molecule has 0 bridgehead atoms. The number of piperazine rings is 2. The number of anilines is 4. The van der Waals surface area contributed by atoms with Crippen molar-refractivity contribution in [1.29, 1.82) is 0 Å². The third-order valence-corrected chi connectivity index (χ3v) is 6.36. The lowest BCUT2D eigenvalue weighted by Gasteiger charge is -2.36. The van der Waals surface area contributed by atoms with E-state index in [0.717, 1.165) is 62.2 Å². The molecule has 3 heterocycles. The molecular weight excluding hydrogens is 472 g/mol. The van der Waals surface area contributed by atoms with E-state index in [2.05, 4.69) is 25.4 Å². The maximum absolute atomic E-state index is 12.3. The average Bonchev–Trinajstić information content (AvgIpc) is 2.88. The zero-order chi connectivity index (χ0) is 26.6. The second kappa shape index (κ2) is 11.2. The smallest absolute Gasteiger partial charge is 0.410 e. The van der Waals surface area contributed by atoms with Crippen LogP contribution in [-0.4, -0.2) is 84.8 Å². The summed E-state index contributed by atoms with van der Waals surface area (Å²) in [6, 6.07) is 7.92. The molecule has 0 radical (unpaired) electrons. The third-order valence-electron chi connectivity index (χ3n) is 6.36. The zero-order valence-electron chi connectivity index (χ0n) is 22.2. The second-order valence-corrected chi connectivity index (χ2v) is 10.3. The van der Waals surface area contributed by atoms with E-state index in [4.69, 9.17) is 15.5 Å². The molecule has 4 N–H and O–H groups in total. The highest BCUT2D eigenvalue weighted by atomic mass is 16.6. The topological polar surface area (TPSA) is 129 Å². The van der Waals surface area contributed by atoms with Crippen LogP contribution in [0.15, 0.2) is 24.3 Å². The first kappa shape index (κ1) is 26.5. The van der Waals surface area contributed by atoms with Gasteiger partial charge in [-0.2, -0.15) is 0 Å². The number of carbonyl (C=O) groups excluding carboxylic acids is 2. The molecule has 2 aliphatic heterocycles. The minimum absolute atomic E-state index is 0.137. The van der Waals surface area contributed by atoms with Crippen LogP contribution in [-0.2, 0) is 11.2 Å². The highest BCUT2D eigenvalue weighted by molar-refractivity contribution is 5.96. The Morgan fingerprint density at radius 1 is 1.00 bits per heavy atom. The quantitative estimate of drug-likeness (QED) is 0.536. The highest BCUT2D eigenvalue weighted by Crippen LogP contribution is 2.27. The van der Waals surface area contributed by atoms with Crippen molar-refractivity contribution in [3.05, 3.63) is 35.7 Å². The number of carbonyl (C=O) groups is 2. The number of amides is 2. The van der Waals surface area contributed by atoms with Gasteiger partial charge in [-0.25, -0.2) is 14.8 Å². The number of nitrogens with one attached hydrogen (secondary N) is 2. The van der Waals surface area contributed by atoms with E-state index in [1.54, 1.807) is 4.90 Å². The summed E-state index contributed by atoms with van der Waals surface area (Å²) in [5.74, 6) is 0.531. The van der Waals surface area contributed by atoms with Gasteiger partial charge in [0.1, 0.15) is 5.60 Å². The number of hydrogen-bond donors (Lipinski definition) is 3.